The Morgan fingerprint density at radius 1 is 1.29 bits per heavy atom. The van der Waals surface area contributed by atoms with Gasteiger partial charge in [-0.1, -0.05) is 39.0 Å². The van der Waals surface area contributed by atoms with E-state index in [1.54, 1.807) is 12.1 Å². The average Bonchev–Trinajstić information content (AvgIpc) is 2.37. The number of nitro groups is 1. The zero-order valence-electron chi connectivity index (χ0n) is 12.0. The number of aromatic nitrogens is 2. The normalized spacial score (nSPS) is 11.2. The number of nitrogen functional groups attached to an aromatic ring is 1. The Morgan fingerprint density at radius 3 is 2.57 bits per heavy atom. The van der Waals surface area contributed by atoms with Crippen molar-refractivity contribution in [3.05, 3.63) is 46.1 Å². The van der Waals surface area contributed by atoms with E-state index in [0.29, 0.717) is 5.75 Å². The summed E-state index contributed by atoms with van der Waals surface area (Å²) in [4.78, 5) is 17.8. The van der Waals surface area contributed by atoms with E-state index in [1.807, 2.05) is 32.9 Å². The molecular weight excluding hydrogens is 272 g/mol. The molecule has 110 valence electrons. The molecule has 2 aromatic rings. The SMILES string of the molecule is CC(C)(C)c1ccccc1Oc1nc(N)ncc1[N+](=O)[O-]. The first kappa shape index (κ1) is 14.7. The number of benzene rings is 1. The molecular formula is C14H16N4O3. The Morgan fingerprint density at radius 2 is 1.95 bits per heavy atom. The molecule has 0 saturated heterocycles. The van der Waals surface area contributed by atoms with Gasteiger partial charge in [0.25, 0.3) is 0 Å². The van der Waals surface area contributed by atoms with Gasteiger partial charge < -0.3 is 10.5 Å². The lowest BCUT2D eigenvalue weighted by Gasteiger charge is -2.22. The van der Waals surface area contributed by atoms with E-state index < -0.39 is 4.92 Å². The summed E-state index contributed by atoms with van der Waals surface area (Å²) in [5.74, 6) is 0.263. The van der Waals surface area contributed by atoms with Gasteiger partial charge in [0, 0.05) is 5.56 Å². The summed E-state index contributed by atoms with van der Waals surface area (Å²) >= 11 is 0. The van der Waals surface area contributed by atoms with Crippen molar-refractivity contribution < 1.29 is 9.66 Å². The highest BCUT2D eigenvalue weighted by atomic mass is 16.6. The number of para-hydroxylation sites is 1. The molecule has 0 radical (unpaired) electrons. The van der Waals surface area contributed by atoms with E-state index >= 15 is 0 Å². The smallest absolute Gasteiger partial charge is 0.349 e. The fraction of sp³-hybridized carbons (Fsp3) is 0.286. The van der Waals surface area contributed by atoms with E-state index in [1.165, 1.54) is 0 Å². The molecule has 0 atom stereocenters. The van der Waals surface area contributed by atoms with Gasteiger partial charge >= 0.3 is 11.6 Å². The molecule has 0 aliphatic rings. The molecule has 0 saturated carbocycles. The van der Waals surface area contributed by atoms with Gasteiger partial charge in [0.1, 0.15) is 11.9 Å². The molecule has 1 aromatic heterocycles. The Hall–Kier alpha value is -2.70. The van der Waals surface area contributed by atoms with E-state index in [0.717, 1.165) is 11.8 Å². The van der Waals surface area contributed by atoms with Crippen LogP contribution in [0.2, 0.25) is 0 Å². The van der Waals surface area contributed by atoms with Gasteiger partial charge in [-0.25, -0.2) is 4.98 Å². The zero-order chi connectivity index (χ0) is 15.6. The van der Waals surface area contributed by atoms with Crippen LogP contribution in [0.3, 0.4) is 0 Å². The van der Waals surface area contributed by atoms with Crippen LogP contribution in [0.5, 0.6) is 11.6 Å². The fourth-order valence-electron chi connectivity index (χ4n) is 1.85. The van der Waals surface area contributed by atoms with Gasteiger partial charge in [-0.05, 0) is 11.5 Å². The molecule has 7 nitrogen and oxygen atoms in total. The minimum Gasteiger partial charge on any atom is -0.433 e. The predicted octanol–water partition coefficient (Wildman–Crippen LogP) is 3.06. The molecule has 0 amide bonds. The largest absolute Gasteiger partial charge is 0.433 e. The van der Waals surface area contributed by atoms with Crippen molar-refractivity contribution in [3.63, 3.8) is 0 Å². The third kappa shape index (κ3) is 3.25. The second kappa shape index (κ2) is 5.35. The molecule has 0 unspecified atom stereocenters. The van der Waals surface area contributed by atoms with Crippen molar-refractivity contribution in [2.45, 2.75) is 26.2 Å². The monoisotopic (exact) mass is 288 g/mol. The van der Waals surface area contributed by atoms with Crippen LogP contribution in [0.25, 0.3) is 0 Å². The average molecular weight is 288 g/mol. The standard InChI is InChI=1S/C14H16N4O3/c1-14(2,3)9-6-4-5-7-11(9)21-12-10(18(19)20)8-16-13(15)17-12/h4-8H,1-3H3,(H2,15,16,17). The molecule has 0 fully saturated rings. The number of rotatable bonds is 3. The first-order valence-corrected chi connectivity index (χ1v) is 6.33. The quantitative estimate of drug-likeness (QED) is 0.687. The van der Waals surface area contributed by atoms with E-state index in [4.69, 9.17) is 10.5 Å². The van der Waals surface area contributed by atoms with Gasteiger partial charge in [-0.3, -0.25) is 10.1 Å². The van der Waals surface area contributed by atoms with Crippen molar-refractivity contribution in [2.75, 3.05) is 5.73 Å². The van der Waals surface area contributed by atoms with Crippen LogP contribution in [0.4, 0.5) is 11.6 Å². The molecule has 0 bridgehead atoms. The van der Waals surface area contributed by atoms with Crippen LogP contribution in [-0.4, -0.2) is 14.9 Å². The fourth-order valence-corrected chi connectivity index (χ4v) is 1.85. The molecule has 0 aliphatic carbocycles. The summed E-state index contributed by atoms with van der Waals surface area (Å²) < 4.78 is 5.64. The van der Waals surface area contributed by atoms with E-state index in [-0.39, 0.29) is 22.9 Å². The Labute approximate surface area is 121 Å². The first-order valence-electron chi connectivity index (χ1n) is 6.33. The van der Waals surface area contributed by atoms with Crippen LogP contribution in [-0.2, 0) is 5.41 Å². The highest BCUT2D eigenvalue weighted by molar-refractivity contribution is 5.47. The minimum atomic E-state index is -0.603. The topological polar surface area (TPSA) is 104 Å². The van der Waals surface area contributed by atoms with Gasteiger partial charge in [0.2, 0.25) is 5.95 Å². The molecule has 7 heteroatoms. The maximum absolute atomic E-state index is 11.0. The van der Waals surface area contributed by atoms with Crippen molar-refractivity contribution >= 4 is 11.6 Å². The molecule has 21 heavy (non-hydrogen) atoms. The van der Waals surface area contributed by atoms with Crippen LogP contribution in [0, 0.1) is 10.1 Å². The summed E-state index contributed by atoms with van der Waals surface area (Å²) in [6, 6.07) is 7.32. The Balaban J connectivity index is 2.49. The van der Waals surface area contributed by atoms with Crippen molar-refractivity contribution in [1.82, 2.24) is 9.97 Å². The number of nitrogens with two attached hydrogens (primary N) is 1. The summed E-state index contributed by atoms with van der Waals surface area (Å²) in [5, 5.41) is 11.0. The van der Waals surface area contributed by atoms with Crippen LogP contribution >= 0.6 is 0 Å². The zero-order valence-corrected chi connectivity index (χ0v) is 12.0. The third-order valence-electron chi connectivity index (χ3n) is 2.85. The molecule has 2 rings (SSSR count). The minimum absolute atomic E-state index is 0.0798. The number of hydrogen-bond acceptors (Lipinski definition) is 6. The molecule has 0 aliphatic heterocycles. The second-order valence-corrected chi connectivity index (χ2v) is 5.52. The molecule has 1 aromatic carbocycles. The summed E-state index contributed by atoms with van der Waals surface area (Å²) in [6.45, 7) is 6.08. The summed E-state index contributed by atoms with van der Waals surface area (Å²) in [6.07, 6.45) is 1.04. The number of nitrogens with zero attached hydrogens (tertiary/aromatic N) is 3. The van der Waals surface area contributed by atoms with Crippen LogP contribution in [0.1, 0.15) is 26.3 Å². The van der Waals surface area contributed by atoms with Crippen molar-refractivity contribution in [1.29, 1.82) is 0 Å². The van der Waals surface area contributed by atoms with Crippen molar-refractivity contribution in [2.24, 2.45) is 0 Å². The number of hydrogen-bond donors (Lipinski definition) is 1. The van der Waals surface area contributed by atoms with Crippen LogP contribution in [0.15, 0.2) is 30.5 Å². The van der Waals surface area contributed by atoms with Gasteiger partial charge in [-0.2, -0.15) is 4.98 Å². The number of ether oxygens (including phenoxy) is 1. The molecule has 2 N–H and O–H groups in total. The maximum Gasteiger partial charge on any atom is 0.349 e. The van der Waals surface area contributed by atoms with Gasteiger partial charge in [-0.15, -0.1) is 0 Å². The molecule has 1 heterocycles. The predicted molar refractivity (Wildman–Crippen MR) is 78.3 cm³/mol. The maximum atomic E-state index is 11.0. The third-order valence-corrected chi connectivity index (χ3v) is 2.85. The lowest BCUT2D eigenvalue weighted by molar-refractivity contribution is -0.386. The van der Waals surface area contributed by atoms with Gasteiger partial charge in [0.15, 0.2) is 0 Å². The van der Waals surface area contributed by atoms with Crippen LogP contribution < -0.4 is 10.5 Å². The molecule has 0 spiro atoms. The highest BCUT2D eigenvalue weighted by Gasteiger charge is 2.23. The van der Waals surface area contributed by atoms with E-state index in [9.17, 15) is 10.1 Å². The Kier molecular flexibility index (Phi) is 3.75. The van der Waals surface area contributed by atoms with Gasteiger partial charge in [0.05, 0.1) is 4.92 Å². The van der Waals surface area contributed by atoms with Crippen molar-refractivity contribution in [3.8, 4) is 11.6 Å². The lowest BCUT2D eigenvalue weighted by Crippen LogP contribution is -2.12. The lowest BCUT2D eigenvalue weighted by atomic mass is 9.86. The first-order chi connectivity index (χ1) is 9.79. The second-order valence-electron chi connectivity index (χ2n) is 5.52. The highest BCUT2D eigenvalue weighted by Crippen LogP contribution is 2.36. The Bertz CT molecular complexity index is 680. The summed E-state index contributed by atoms with van der Waals surface area (Å²) in [7, 11) is 0. The van der Waals surface area contributed by atoms with E-state index in [2.05, 4.69) is 9.97 Å². The number of anilines is 1. The summed E-state index contributed by atoms with van der Waals surface area (Å²) in [5.41, 5.74) is 5.89.